The average molecular weight is 202 g/mol. The van der Waals surface area contributed by atoms with E-state index in [-0.39, 0.29) is 0 Å². The Hall–Kier alpha value is -1.49. The van der Waals surface area contributed by atoms with Crippen molar-refractivity contribution in [1.82, 2.24) is 0 Å². The molecule has 2 nitrogen and oxygen atoms in total. The molecule has 0 aliphatic carbocycles. The highest BCUT2D eigenvalue weighted by atomic mass is 14.9. The van der Waals surface area contributed by atoms with Gasteiger partial charge in [-0.1, -0.05) is 20.3 Å². The summed E-state index contributed by atoms with van der Waals surface area (Å²) in [5.74, 6) is 0.681. The van der Waals surface area contributed by atoms with Gasteiger partial charge in [0.15, 0.2) is 0 Å². The summed E-state index contributed by atoms with van der Waals surface area (Å²) in [7, 11) is 0. The van der Waals surface area contributed by atoms with Crippen LogP contribution in [0.25, 0.3) is 0 Å². The van der Waals surface area contributed by atoms with Crippen molar-refractivity contribution < 1.29 is 0 Å². The van der Waals surface area contributed by atoms with Gasteiger partial charge in [-0.15, -0.1) is 0 Å². The first-order valence-electron chi connectivity index (χ1n) is 5.42. The van der Waals surface area contributed by atoms with Crippen LogP contribution in [-0.4, -0.2) is 6.54 Å². The van der Waals surface area contributed by atoms with Crippen LogP contribution in [0.2, 0.25) is 0 Å². The highest BCUT2D eigenvalue weighted by Crippen LogP contribution is 2.15. The van der Waals surface area contributed by atoms with Crippen LogP contribution in [0.5, 0.6) is 0 Å². The first kappa shape index (κ1) is 11.6. The number of nitrogens with one attached hydrogen (secondary N) is 1. The normalized spacial score (nSPS) is 11.9. The Bertz CT molecular complexity index is 363. The predicted molar refractivity (Wildman–Crippen MR) is 63.8 cm³/mol. The lowest BCUT2D eigenvalue weighted by Crippen LogP contribution is -2.10. The molecule has 0 bridgehead atoms. The zero-order valence-electron chi connectivity index (χ0n) is 9.67. The molecule has 0 saturated carbocycles. The summed E-state index contributed by atoms with van der Waals surface area (Å²) >= 11 is 0. The molecule has 0 fully saturated rings. The molecule has 0 aromatic heterocycles. The maximum absolute atomic E-state index is 8.80. The minimum atomic E-state index is 0.681. The lowest BCUT2D eigenvalue weighted by atomic mass is 10.1. The van der Waals surface area contributed by atoms with Gasteiger partial charge in [0, 0.05) is 12.2 Å². The number of benzene rings is 1. The lowest BCUT2D eigenvalue weighted by Gasteiger charge is -2.12. The molecule has 80 valence electrons. The van der Waals surface area contributed by atoms with E-state index < -0.39 is 0 Å². The van der Waals surface area contributed by atoms with E-state index in [0.29, 0.717) is 5.92 Å². The molecule has 1 aromatic rings. The van der Waals surface area contributed by atoms with Crippen molar-refractivity contribution in [1.29, 1.82) is 5.26 Å². The molecule has 0 radical (unpaired) electrons. The zero-order valence-corrected chi connectivity index (χ0v) is 9.67. The largest absolute Gasteiger partial charge is 0.385 e. The van der Waals surface area contributed by atoms with Crippen molar-refractivity contribution in [3.05, 3.63) is 29.3 Å². The maximum Gasteiger partial charge on any atom is 0.0994 e. The Morgan fingerprint density at radius 2 is 2.20 bits per heavy atom. The molecule has 1 unspecified atom stereocenters. The van der Waals surface area contributed by atoms with Crippen molar-refractivity contribution in [3.8, 4) is 6.07 Å². The summed E-state index contributed by atoms with van der Waals surface area (Å²) in [4.78, 5) is 0. The minimum Gasteiger partial charge on any atom is -0.385 e. The Morgan fingerprint density at radius 3 is 2.73 bits per heavy atom. The van der Waals surface area contributed by atoms with E-state index in [9.17, 15) is 0 Å². The average Bonchev–Trinajstić information content (AvgIpc) is 2.26. The second-order valence-electron chi connectivity index (χ2n) is 4.04. The second kappa shape index (κ2) is 5.41. The first-order valence-corrected chi connectivity index (χ1v) is 5.42. The van der Waals surface area contributed by atoms with Crippen LogP contribution in [0.3, 0.4) is 0 Å². The van der Waals surface area contributed by atoms with E-state index in [1.165, 1.54) is 6.42 Å². The van der Waals surface area contributed by atoms with Gasteiger partial charge in [-0.3, -0.25) is 0 Å². The number of rotatable bonds is 4. The van der Waals surface area contributed by atoms with Gasteiger partial charge in [0.1, 0.15) is 0 Å². The lowest BCUT2D eigenvalue weighted by molar-refractivity contribution is 0.593. The SMILES string of the molecule is CCC(C)CNc1ccc(C#N)c(C)c1. The highest BCUT2D eigenvalue weighted by molar-refractivity contribution is 5.51. The Morgan fingerprint density at radius 1 is 1.47 bits per heavy atom. The van der Waals surface area contributed by atoms with E-state index in [2.05, 4.69) is 25.2 Å². The third-order valence-electron chi connectivity index (χ3n) is 2.70. The van der Waals surface area contributed by atoms with E-state index >= 15 is 0 Å². The van der Waals surface area contributed by atoms with Gasteiger partial charge in [-0.2, -0.15) is 5.26 Å². The van der Waals surface area contributed by atoms with E-state index in [1.807, 2.05) is 25.1 Å². The van der Waals surface area contributed by atoms with Crippen LogP contribution in [0.4, 0.5) is 5.69 Å². The summed E-state index contributed by atoms with van der Waals surface area (Å²) in [6.45, 7) is 7.37. The van der Waals surface area contributed by atoms with Crippen LogP contribution in [0.1, 0.15) is 31.4 Å². The van der Waals surface area contributed by atoms with Gasteiger partial charge in [0.25, 0.3) is 0 Å². The molecular weight excluding hydrogens is 184 g/mol. The van der Waals surface area contributed by atoms with Crippen molar-refractivity contribution >= 4 is 5.69 Å². The first-order chi connectivity index (χ1) is 7.17. The molecule has 1 rings (SSSR count). The summed E-state index contributed by atoms with van der Waals surface area (Å²) in [5.41, 5.74) is 2.89. The maximum atomic E-state index is 8.80. The number of hydrogen-bond acceptors (Lipinski definition) is 2. The van der Waals surface area contributed by atoms with Gasteiger partial charge in [0.05, 0.1) is 11.6 Å². The molecule has 0 heterocycles. The third-order valence-corrected chi connectivity index (χ3v) is 2.70. The van der Waals surface area contributed by atoms with Gasteiger partial charge >= 0.3 is 0 Å². The van der Waals surface area contributed by atoms with Crippen molar-refractivity contribution in [3.63, 3.8) is 0 Å². The number of aryl methyl sites for hydroxylation is 1. The topological polar surface area (TPSA) is 35.8 Å². The molecule has 2 heteroatoms. The number of anilines is 1. The molecule has 0 aliphatic heterocycles. The van der Waals surface area contributed by atoms with Crippen LogP contribution >= 0.6 is 0 Å². The van der Waals surface area contributed by atoms with E-state index in [4.69, 9.17) is 5.26 Å². The smallest absolute Gasteiger partial charge is 0.0994 e. The number of nitriles is 1. The molecule has 1 aromatic carbocycles. The molecule has 0 spiro atoms. The highest BCUT2D eigenvalue weighted by Gasteiger charge is 2.01. The fourth-order valence-corrected chi connectivity index (χ4v) is 1.34. The molecular formula is C13H18N2. The van der Waals surface area contributed by atoms with Crippen LogP contribution in [0, 0.1) is 24.2 Å². The van der Waals surface area contributed by atoms with Crippen molar-refractivity contribution in [2.45, 2.75) is 27.2 Å². The summed E-state index contributed by atoms with van der Waals surface area (Å²) in [6.07, 6.45) is 1.18. The summed E-state index contributed by atoms with van der Waals surface area (Å²) in [5, 5.41) is 12.2. The second-order valence-corrected chi connectivity index (χ2v) is 4.04. The molecule has 0 amide bonds. The van der Waals surface area contributed by atoms with Crippen molar-refractivity contribution in [2.75, 3.05) is 11.9 Å². The van der Waals surface area contributed by atoms with Gasteiger partial charge in [-0.25, -0.2) is 0 Å². The quantitative estimate of drug-likeness (QED) is 0.813. The predicted octanol–water partition coefficient (Wildman–Crippen LogP) is 3.32. The van der Waals surface area contributed by atoms with Crippen molar-refractivity contribution in [2.24, 2.45) is 5.92 Å². The molecule has 15 heavy (non-hydrogen) atoms. The molecule has 0 saturated heterocycles. The molecule has 1 atom stereocenters. The Kier molecular flexibility index (Phi) is 4.17. The standard InChI is InChI=1S/C13H18N2/c1-4-10(2)9-15-13-6-5-12(8-14)11(3)7-13/h5-7,10,15H,4,9H2,1-3H3. The number of nitrogens with zero attached hydrogens (tertiary/aromatic N) is 1. The fraction of sp³-hybridized carbons (Fsp3) is 0.462. The molecule has 0 aliphatic rings. The fourth-order valence-electron chi connectivity index (χ4n) is 1.34. The van der Waals surface area contributed by atoms with Gasteiger partial charge < -0.3 is 5.32 Å². The van der Waals surface area contributed by atoms with Gasteiger partial charge in [0.2, 0.25) is 0 Å². The monoisotopic (exact) mass is 202 g/mol. The third kappa shape index (κ3) is 3.28. The Labute approximate surface area is 91.9 Å². The number of hydrogen-bond donors (Lipinski definition) is 1. The molecule has 1 N–H and O–H groups in total. The van der Waals surface area contributed by atoms with Crippen LogP contribution in [-0.2, 0) is 0 Å². The van der Waals surface area contributed by atoms with Crippen LogP contribution < -0.4 is 5.32 Å². The summed E-state index contributed by atoms with van der Waals surface area (Å²) in [6, 6.07) is 8.03. The van der Waals surface area contributed by atoms with Gasteiger partial charge in [-0.05, 0) is 36.6 Å². The van der Waals surface area contributed by atoms with Crippen LogP contribution in [0.15, 0.2) is 18.2 Å². The summed E-state index contributed by atoms with van der Waals surface area (Å²) < 4.78 is 0. The minimum absolute atomic E-state index is 0.681. The van der Waals surface area contributed by atoms with E-state index in [0.717, 1.165) is 23.4 Å². The van der Waals surface area contributed by atoms with E-state index in [1.54, 1.807) is 0 Å². The zero-order chi connectivity index (χ0) is 11.3. The Balaban J connectivity index is 2.64.